The Hall–Kier alpha value is -5.43. The largest absolute Gasteiger partial charge is 0.279 e. The van der Waals surface area contributed by atoms with Crippen LogP contribution in [-0.2, 0) is 0 Å². The number of hydrogen-bond donors (Lipinski definition) is 0. The molecule has 0 amide bonds. The Morgan fingerprint density at radius 1 is 0.378 bits per heavy atom. The number of hydrogen-bond acceptors (Lipinski definition) is 6. The molecule has 0 atom stereocenters. The molecule has 0 saturated carbocycles. The minimum Gasteiger partial charge on any atom is -0.279 e. The van der Waals surface area contributed by atoms with E-state index in [1.54, 1.807) is 11.3 Å². The van der Waals surface area contributed by atoms with Gasteiger partial charge >= 0.3 is 0 Å². The molecule has 0 N–H and O–H groups in total. The van der Waals surface area contributed by atoms with E-state index in [0.717, 1.165) is 22.5 Å². The SMILES string of the molecule is c1ccc(-c2nc(-c3ccc4c(c3)sc3ccccc34)nc(N(c3ccccc3)c3ccc4c(c3)sc3ccccc34)n2)cc1. The number of thiophene rings is 2. The quantitative estimate of drug-likeness (QED) is 0.194. The average molecular weight is 613 g/mol. The second kappa shape index (κ2) is 10.6. The third kappa shape index (κ3) is 4.54. The van der Waals surface area contributed by atoms with E-state index in [4.69, 9.17) is 15.0 Å². The van der Waals surface area contributed by atoms with Gasteiger partial charge in [0.05, 0.1) is 5.69 Å². The fourth-order valence-electron chi connectivity index (χ4n) is 5.99. The highest BCUT2D eigenvalue weighted by Crippen LogP contribution is 2.41. The van der Waals surface area contributed by atoms with Gasteiger partial charge in [0.2, 0.25) is 5.95 Å². The number of nitrogens with zero attached hydrogens (tertiary/aromatic N) is 4. The molecule has 45 heavy (non-hydrogen) atoms. The van der Waals surface area contributed by atoms with Crippen molar-refractivity contribution in [2.24, 2.45) is 0 Å². The maximum absolute atomic E-state index is 5.18. The summed E-state index contributed by atoms with van der Waals surface area (Å²) in [5.74, 6) is 1.85. The summed E-state index contributed by atoms with van der Waals surface area (Å²) in [7, 11) is 0. The number of fused-ring (bicyclic) bond motifs is 6. The van der Waals surface area contributed by atoms with E-state index >= 15 is 0 Å². The molecule has 3 heterocycles. The fraction of sp³-hybridized carbons (Fsp3) is 0. The molecule has 6 heteroatoms. The molecule has 0 aliphatic heterocycles. The van der Waals surface area contributed by atoms with Gasteiger partial charge in [0.1, 0.15) is 0 Å². The minimum absolute atomic E-state index is 0.571. The van der Waals surface area contributed by atoms with Gasteiger partial charge in [0.25, 0.3) is 0 Å². The van der Waals surface area contributed by atoms with E-state index in [9.17, 15) is 0 Å². The van der Waals surface area contributed by atoms with Gasteiger partial charge in [-0.1, -0.05) is 103 Å². The molecule has 0 unspecified atom stereocenters. The molecule has 9 aromatic rings. The molecule has 0 radical (unpaired) electrons. The molecule has 0 aliphatic carbocycles. The summed E-state index contributed by atoms with van der Waals surface area (Å²) >= 11 is 3.61. The predicted octanol–water partition coefficient (Wildman–Crippen LogP) is 11.4. The van der Waals surface area contributed by atoms with Crippen molar-refractivity contribution >= 4 is 80.3 Å². The van der Waals surface area contributed by atoms with Crippen molar-refractivity contribution in [1.29, 1.82) is 0 Å². The van der Waals surface area contributed by atoms with Gasteiger partial charge in [-0.15, -0.1) is 22.7 Å². The lowest BCUT2D eigenvalue weighted by Crippen LogP contribution is -2.15. The van der Waals surface area contributed by atoms with E-state index < -0.39 is 0 Å². The van der Waals surface area contributed by atoms with Crippen LogP contribution in [0.5, 0.6) is 0 Å². The van der Waals surface area contributed by atoms with Crippen molar-refractivity contribution in [2.75, 3.05) is 4.90 Å². The van der Waals surface area contributed by atoms with Crippen molar-refractivity contribution in [2.45, 2.75) is 0 Å². The lowest BCUT2D eigenvalue weighted by Gasteiger charge is -2.24. The van der Waals surface area contributed by atoms with Crippen molar-refractivity contribution in [3.63, 3.8) is 0 Å². The highest BCUT2D eigenvalue weighted by Gasteiger charge is 2.21. The number of rotatable bonds is 5. The first kappa shape index (κ1) is 26.0. The van der Waals surface area contributed by atoms with Crippen LogP contribution in [0.4, 0.5) is 17.3 Å². The van der Waals surface area contributed by atoms with Crippen LogP contribution >= 0.6 is 22.7 Å². The first-order chi connectivity index (χ1) is 22.3. The predicted molar refractivity (Wildman–Crippen MR) is 191 cm³/mol. The van der Waals surface area contributed by atoms with Gasteiger partial charge in [-0.3, -0.25) is 4.90 Å². The first-order valence-corrected chi connectivity index (χ1v) is 16.4. The van der Waals surface area contributed by atoms with Gasteiger partial charge in [-0.05, 0) is 42.5 Å². The Labute approximate surface area is 267 Å². The monoisotopic (exact) mass is 612 g/mol. The Morgan fingerprint density at radius 3 is 1.60 bits per heavy atom. The van der Waals surface area contributed by atoms with Crippen molar-refractivity contribution in [1.82, 2.24) is 15.0 Å². The van der Waals surface area contributed by atoms with Crippen LogP contribution < -0.4 is 4.90 Å². The van der Waals surface area contributed by atoms with Crippen LogP contribution in [0.3, 0.4) is 0 Å². The molecule has 0 bridgehead atoms. The Bertz CT molecular complexity index is 2500. The summed E-state index contributed by atoms with van der Waals surface area (Å²) in [5.41, 5.74) is 3.88. The Balaban J connectivity index is 1.27. The van der Waals surface area contributed by atoms with Crippen molar-refractivity contribution in [3.05, 3.63) is 146 Å². The van der Waals surface area contributed by atoms with E-state index in [1.807, 2.05) is 47.7 Å². The zero-order valence-electron chi connectivity index (χ0n) is 24.0. The summed E-state index contributed by atoms with van der Waals surface area (Å²) in [4.78, 5) is 17.5. The van der Waals surface area contributed by atoms with E-state index in [1.165, 1.54) is 40.3 Å². The normalized spacial score (nSPS) is 11.6. The topological polar surface area (TPSA) is 41.9 Å². The number of para-hydroxylation sites is 1. The zero-order chi connectivity index (χ0) is 29.7. The van der Waals surface area contributed by atoms with Crippen molar-refractivity contribution < 1.29 is 0 Å². The van der Waals surface area contributed by atoms with Crippen LogP contribution in [0.2, 0.25) is 0 Å². The van der Waals surface area contributed by atoms with Gasteiger partial charge < -0.3 is 0 Å². The molecule has 4 nitrogen and oxygen atoms in total. The minimum atomic E-state index is 0.571. The Morgan fingerprint density at radius 2 is 0.911 bits per heavy atom. The highest BCUT2D eigenvalue weighted by atomic mass is 32.1. The fourth-order valence-corrected chi connectivity index (χ4v) is 8.27. The van der Waals surface area contributed by atoms with Gasteiger partial charge in [0.15, 0.2) is 11.6 Å². The maximum atomic E-state index is 5.18. The molecule has 3 aromatic heterocycles. The van der Waals surface area contributed by atoms with E-state index in [2.05, 4.69) is 114 Å². The summed E-state index contributed by atoms with van der Waals surface area (Å²) < 4.78 is 4.99. The first-order valence-electron chi connectivity index (χ1n) is 14.8. The third-order valence-electron chi connectivity index (χ3n) is 8.13. The smallest absolute Gasteiger partial charge is 0.238 e. The second-order valence-electron chi connectivity index (χ2n) is 10.9. The molecular formula is C39H24N4S2. The van der Waals surface area contributed by atoms with Crippen LogP contribution in [-0.4, -0.2) is 15.0 Å². The van der Waals surface area contributed by atoms with E-state index in [0.29, 0.717) is 17.6 Å². The van der Waals surface area contributed by atoms with Crippen LogP contribution in [0, 0.1) is 0 Å². The molecule has 0 spiro atoms. The van der Waals surface area contributed by atoms with E-state index in [-0.39, 0.29) is 0 Å². The van der Waals surface area contributed by atoms with Crippen LogP contribution in [0.15, 0.2) is 146 Å². The number of anilines is 3. The maximum Gasteiger partial charge on any atom is 0.238 e. The second-order valence-corrected chi connectivity index (χ2v) is 13.1. The molecule has 9 rings (SSSR count). The molecule has 0 saturated heterocycles. The summed E-state index contributed by atoms with van der Waals surface area (Å²) in [6.45, 7) is 0. The highest BCUT2D eigenvalue weighted by molar-refractivity contribution is 7.26. The lowest BCUT2D eigenvalue weighted by atomic mass is 10.1. The van der Waals surface area contributed by atoms with Crippen LogP contribution in [0.1, 0.15) is 0 Å². The van der Waals surface area contributed by atoms with Crippen molar-refractivity contribution in [3.8, 4) is 22.8 Å². The number of aromatic nitrogens is 3. The van der Waals surface area contributed by atoms with Gasteiger partial charge in [-0.2, -0.15) is 9.97 Å². The molecule has 212 valence electrons. The van der Waals surface area contributed by atoms with Crippen LogP contribution in [0.25, 0.3) is 63.1 Å². The Kier molecular flexibility index (Phi) is 6.14. The van der Waals surface area contributed by atoms with Gasteiger partial charge in [-0.25, -0.2) is 4.98 Å². The third-order valence-corrected chi connectivity index (χ3v) is 10.4. The molecular weight excluding hydrogens is 589 g/mol. The van der Waals surface area contributed by atoms with Gasteiger partial charge in [0, 0.05) is 57.2 Å². The number of benzene rings is 6. The summed E-state index contributed by atoms with van der Waals surface area (Å²) in [5, 5.41) is 5.06. The lowest BCUT2D eigenvalue weighted by molar-refractivity contribution is 1.02. The summed E-state index contributed by atoms with van der Waals surface area (Å²) in [6, 6.07) is 50.8. The molecule has 6 aromatic carbocycles. The summed E-state index contributed by atoms with van der Waals surface area (Å²) in [6.07, 6.45) is 0. The average Bonchev–Trinajstić information content (AvgIpc) is 3.67. The molecule has 0 fully saturated rings. The zero-order valence-corrected chi connectivity index (χ0v) is 25.6. The standard InChI is InChI=1S/C39H24N4S2/c1-3-11-25(12-4-1)37-40-38(26-19-21-31-29-15-7-9-17-33(29)44-35(31)23-26)42-39(41-37)43(27-13-5-2-6-14-27)28-20-22-32-30-16-8-10-18-34(30)45-36(32)24-28/h1-24H. The molecule has 0 aliphatic rings.